The molecule has 2 rings (SSSR count). The summed E-state index contributed by atoms with van der Waals surface area (Å²) in [6, 6.07) is 5.41. The highest BCUT2D eigenvalue weighted by molar-refractivity contribution is 6.33. The van der Waals surface area contributed by atoms with E-state index in [4.69, 9.17) is 23.2 Å². The first-order valence-corrected chi connectivity index (χ1v) is 6.59. The lowest BCUT2D eigenvalue weighted by molar-refractivity contribution is -0.0150. The van der Waals surface area contributed by atoms with Gasteiger partial charge in [0, 0.05) is 29.6 Å². The van der Waals surface area contributed by atoms with Gasteiger partial charge in [-0.15, -0.1) is 0 Å². The molecule has 2 nitrogen and oxygen atoms in total. The second kappa shape index (κ2) is 5.15. The van der Waals surface area contributed by atoms with Crippen LogP contribution in [0.15, 0.2) is 18.2 Å². The number of hydrogen-bond donors (Lipinski definition) is 1. The maximum Gasteiger partial charge on any atom is 0.0712 e. The Morgan fingerprint density at radius 3 is 2.59 bits per heavy atom. The lowest BCUT2D eigenvalue weighted by Gasteiger charge is -2.36. The summed E-state index contributed by atoms with van der Waals surface area (Å²) in [7, 11) is 2.08. The van der Waals surface area contributed by atoms with Crippen LogP contribution in [0.25, 0.3) is 0 Å². The third-order valence-electron chi connectivity index (χ3n) is 3.45. The van der Waals surface area contributed by atoms with Gasteiger partial charge >= 0.3 is 0 Å². The maximum absolute atomic E-state index is 10.5. The summed E-state index contributed by atoms with van der Waals surface area (Å²) in [6.45, 7) is 1.85. The summed E-state index contributed by atoms with van der Waals surface area (Å²) in [5.74, 6) is 0. The highest BCUT2D eigenvalue weighted by atomic mass is 35.5. The van der Waals surface area contributed by atoms with E-state index in [9.17, 15) is 5.11 Å². The Morgan fingerprint density at radius 2 is 1.94 bits per heavy atom. The second-order valence-corrected chi connectivity index (χ2v) is 5.78. The second-order valence-electron chi connectivity index (χ2n) is 4.94. The minimum atomic E-state index is -0.638. The van der Waals surface area contributed by atoms with Crippen LogP contribution < -0.4 is 0 Å². The van der Waals surface area contributed by atoms with E-state index < -0.39 is 5.60 Å². The van der Waals surface area contributed by atoms with Gasteiger partial charge in [0.25, 0.3) is 0 Å². The highest BCUT2D eigenvalue weighted by Gasteiger charge is 2.31. The number of likely N-dealkylation sites (tertiary alicyclic amines) is 1. The van der Waals surface area contributed by atoms with Crippen LogP contribution >= 0.6 is 23.2 Å². The topological polar surface area (TPSA) is 23.5 Å². The van der Waals surface area contributed by atoms with E-state index in [-0.39, 0.29) is 0 Å². The van der Waals surface area contributed by atoms with Crippen LogP contribution in [0.2, 0.25) is 10.0 Å². The van der Waals surface area contributed by atoms with E-state index in [0.29, 0.717) is 16.5 Å². The number of piperidine rings is 1. The average Bonchev–Trinajstić information content (AvgIpc) is 2.28. The molecule has 0 radical (unpaired) electrons. The molecule has 0 amide bonds. The number of halogens is 2. The molecule has 0 aliphatic carbocycles. The molecular formula is C13H17Cl2NO. The Hall–Kier alpha value is -0.280. The number of hydrogen-bond acceptors (Lipinski definition) is 2. The Labute approximate surface area is 112 Å². The van der Waals surface area contributed by atoms with Crippen LogP contribution in [-0.2, 0) is 6.42 Å². The molecule has 1 saturated heterocycles. The number of rotatable bonds is 2. The summed E-state index contributed by atoms with van der Waals surface area (Å²) < 4.78 is 0. The summed E-state index contributed by atoms with van der Waals surface area (Å²) in [5.41, 5.74) is 0.298. The smallest absolute Gasteiger partial charge is 0.0712 e. The number of aliphatic hydroxyl groups is 1. The van der Waals surface area contributed by atoms with E-state index in [0.717, 1.165) is 31.5 Å². The van der Waals surface area contributed by atoms with Gasteiger partial charge in [-0.25, -0.2) is 0 Å². The number of benzene rings is 1. The van der Waals surface area contributed by atoms with E-state index >= 15 is 0 Å². The highest BCUT2D eigenvalue weighted by Crippen LogP contribution is 2.30. The fourth-order valence-electron chi connectivity index (χ4n) is 2.24. The fourth-order valence-corrected chi connectivity index (χ4v) is 2.62. The normalized spacial score (nSPS) is 20.5. The average molecular weight is 274 g/mol. The van der Waals surface area contributed by atoms with Gasteiger partial charge in [0.15, 0.2) is 0 Å². The Balaban J connectivity index is 2.12. The minimum Gasteiger partial charge on any atom is -0.389 e. The zero-order valence-electron chi connectivity index (χ0n) is 9.92. The molecule has 1 heterocycles. The van der Waals surface area contributed by atoms with Gasteiger partial charge in [-0.1, -0.05) is 23.2 Å². The fraction of sp³-hybridized carbons (Fsp3) is 0.538. The van der Waals surface area contributed by atoms with Crippen molar-refractivity contribution in [2.24, 2.45) is 0 Å². The molecule has 0 unspecified atom stereocenters. The van der Waals surface area contributed by atoms with E-state index in [1.165, 1.54) is 0 Å². The number of nitrogens with zero attached hydrogens (tertiary/aromatic N) is 1. The molecule has 0 aromatic heterocycles. The van der Waals surface area contributed by atoms with Crippen LogP contribution in [0.4, 0.5) is 0 Å². The zero-order valence-corrected chi connectivity index (χ0v) is 11.4. The van der Waals surface area contributed by atoms with Gasteiger partial charge < -0.3 is 10.0 Å². The first-order chi connectivity index (χ1) is 7.98. The SMILES string of the molecule is CN1CCC(O)(Cc2cc(Cl)ccc2Cl)CC1. The van der Waals surface area contributed by atoms with E-state index in [1.54, 1.807) is 12.1 Å². The van der Waals surface area contributed by atoms with Gasteiger partial charge in [-0.3, -0.25) is 0 Å². The maximum atomic E-state index is 10.5. The van der Waals surface area contributed by atoms with Crippen LogP contribution in [0, 0.1) is 0 Å². The van der Waals surface area contributed by atoms with Crippen molar-refractivity contribution in [3.63, 3.8) is 0 Å². The molecule has 4 heteroatoms. The standard InChI is InChI=1S/C13H17Cl2NO/c1-16-6-4-13(17,5-7-16)9-10-8-11(14)2-3-12(10)15/h2-3,8,17H,4-7,9H2,1H3. The quantitative estimate of drug-likeness (QED) is 0.896. The van der Waals surface area contributed by atoms with Crippen LogP contribution in [0.5, 0.6) is 0 Å². The molecule has 1 N–H and O–H groups in total. The van der Waals surface area contributed by atoms with Crippen LogP contribution in [-0.4, -0.2) is 35.7 Å². The van der Waals surface area contributed by atoms with Gasteiger partial charge in [-0.2, -0.15) is 0 Å². The molecule has 1 fully saturated rings. The third-order valence-corrected chi connectivity index (χ3v) is 4.05. The summed E-state index contributed by atoms with van der Waals surface area (Å²) in [6.07, 6.45) is 2.15. The molecule has 0 atom stereocenters. The molecule has 94 valence electrons. The van der Waals surface area contributed by atoms with Crippen molar-refractivity contribution >= 4 is 23.2 Å². The van der Waals surface area contributed by atoms with Gasteiger partial charge in [-0.05, 0) is 43.7 Å². The van der Waals surface area contributed by atoms with Gasteiger partial charge in [0.1, 0.15) is 0 Å². The molecule has 0 bridgehead atoms. The first-order valence-electron chi connectivity index (χ1n) is 5.83. The molecule has 1 aromatic rings. The lowest BCUT2D eigenvalue weighted by Crippen LogP contribution is -2.44. The van der Waals surface area contributed by atoms with Crippen molar-refractivity contribution in [1.29, 1.82) is 0 Å². The zero-order chi connectivity index (χ0) is 12.5. The summed E-state index contributed by atoms with van der Waals surface area (Å²) in [4.78, 5) is 2.23. The first kappa shape index (κ1) is 13.2. The summed E-state index contributed by atoms with van der Waals surface area (Å²) in [5, 5.41) is 11.9. The third kappa shape index (κ3) is 3.35. The molecule has 1 aliphatic heterocycles. The van der Waals surface area contributed by atoms with E-state index in [1.807, 2.05) is 6.07 Å². The molecule has 17 heavy (non-hydrogen) atoms. The van der Waals surface area contributed by atoms with Crippen molar-refractivity contribution in [3.05, 3.63) is 33.8 Å². The van der Waals surface area contributed by atoms with Gasteiger partial charge in [0.05, 0.1) is 5.60 Å². The van der Waals surface area contributed by atoms with Gasteiger partial charge in [0.2, 0.25) is 0 Å². The molecule has 0 spiro atoms. The molecule has 1 aromatic carbocycles. The van der Waals surface area contributed by atoms with Crippen molar-refractivity contribution in [2.75, 3.05) is 20.1 Å². The lowest BCUT2D eigenvalue weighted by atomic mass is 9.85. The van der Waals surface area contributed by atoms with Crippen LogP contribution in [0.3, 0.4) is 0 Å². The van der Waals surface area contributed by atoms with Crippen molar-refractivity contribution in [1.82, 2.24) is 4.90 Å². The Bertz CT molecular complexity index is 400. The monoisotopic (exact) mass is 273 g/mol. The molecule has 1 aliphatic rings. The Morgan fingerprint density at radius 1 is 1.29 bits per heavy atom. The van der Waals surface area contributed by atoms with Crippen molar-refractivity contribution in [3.8, 4) is 0 Å². The van der Waals surface area contributed by atoms with E-state index in [2.05, 4.69) is 11.9 Å². The largest absolute Gasteiger partial charge is 0.389 e. The molecular weight excluding hydrogens is 257 g/mol. The minimum absolute atomic E-state index is 0.584. The van der Waals surface area contributed by atoms with Crippen LogP contribution in [0.1, 0.15) is 18.4 Å². The predicted octanol–water partition coefficient (Wildman–Crippen LogP) is 2.99. The molecule has 0 saturated carbocycles. The summed E-state index contributed by atoms with van der Waals surface area (Å²) >= 11 is 12.1. The van der Waals surface area contributed by atoms with Crippen molar-refractivity contribution in [2.45, 2.75) is 24.9 Å². The predicted molar refractivity (Wildman–Crippen MR) is 71.8 cm³/mol. The Kier molecular flexibility index (Phi) is 3.99. The van der Waals surface area contributed by atoms with Crippen molar-refractivity contribution < 1.29 is 5.11 Å².